The summed E-state index contributed by atoms with van der Waals surface area (Å²) in [5.74, 6) is 0.985. The lowest BCUT2D eigenvalue weighted by Crippen LogP contribution is -2.40. The van der Waals surface area contributed by atoms with Crippen molar-refractivity contribution in [1.82, 2.24) is 9.80 Å². The monoisotopic (exact) mass is 268 g/mol. The van der Waals surface area contributed by atoms with Gasteiger partial charge in [0, 0.05) is 39.1 Å². The Labute approximate surface area is 117 Å². The lowest BCUT2D eigenvalue weighted by molar-refractivity contribution is -0.132. The Morgan fingerprint density at radius 3 is 2.53 bits per heavy atom. The van der Waals surface area contributed by atoms with Gasteiger partial charge in [-0.25, -0.2) is 0 Å². The topological polar surface area (TPSA) is 32.8 Å². The predicted octanol–water partition coefficient (Wildman–Crippen LogP) is 1.60. The Bertz CT molecular complexity index is 306. The molecular formula is C15H28N2O2. The highest BCUT2D eigenvalue weighted by atomic mass is 16.5. The lowest BCUT2D eigenvalue weighted by atomic mass is 9.92. The van der Waals surface area contributed by atoms with Gasteiger partial charge in [0.2, 0.25) is 5.91 Å². The van der Waals surface area contributed by atoms with Crippen LogP contribution in [0.15, 0.2) is 0 Å². The van der Waals surface area contributed by atoms with E-state index in [1.165, 1.54) is 0 Å². The van der Waals surface area contributed by atoms with E-state index in [0.29, 0.717) is 18.2 Å². The van der Waals surface area contributed by atoms with E-state index in [1.807, 2.05) is 0 Å². The molecule has 0 radical (unpaired) electrons. The maximum atomic E-state index is 12.2. The number of carbonyl (C=O) groups excluding carboxylic acids is 1. The second-order valence-electron chi connectivity index (χ2n) is 7.14. The van der Waals surface area contributed by atoms with Crippen molar-refractivity contribution in [2.45, 2.75) is 33.6 Å². The molecule has 0 aromatic carbocycles. The van der Waals surface area contributed by atoms with Crippen LogP contribution in [0.2, 0.25) is 0 Å². The van der Waals surface area contributed by atoms with Crippen LogP contribution in [0.4, 0.5) is 0 Å². The van der Waals surface area contributed by atoms with Gasteiger partial charge in [-0.15, -0.1) is 0 Å². The summed E-state index contributed by atoms with van der Waals surface area (Å²) in [6, 6.07) is 0. The molecule has 0 N–H and O–H groups in total. The fourth-order valence-corrected chi connectivity index (χ4v) is 2.92. The number of rotatable bonds is 3. The molecule has 1 atom stereocenters. The average molecular weight is 268 g/mol. The van der Waals surface area contributed by atoms with Crippen molar-refractivity contribution in [3.63, 3.8) is 0 Å². The average Bonchev–Trinajstić information content (AvgIpc) is 2.77. The molecule has 2 aliphatic heterocycles. The molecular weight excluding hydrogens is 240 g/mol. The van der Waals surface area contributed by atoms with E-state index in [9.17, 15) is 4.79 Å². The van der Waals surface area contributed by atoms with Crippen molar-refractivity contribution in [1.29, 1.82) is 0 Å². The van der Waals surface area contributed by atoms with Crippen molar-refractivity contribution < 1.29 is 9.53 Å². The van der Waals surface area contributed by atoms with Crippen LogP contribution < -0.4 is 0 Å². The van der Waals surface area contributed by atoms with Crippen LogP contribution in [0.5, 0.6) is 0 Å². The molecule has 4 nitrogen and oxygen atoms in total. The van der Waals surface area contributed by atoms with E-state index in [0.717, 1.165) is 52.4 Å². The zero-order chi connectivity index (χ0) is 13.9. The normalized spacial score (nSPS) is 25.8. The van der Waals surface area contributed by atoms with Gasteiger partial charge in [-0.05, 0) is 17.8 Å². The Morgan fingerprint density at radius 1 is 1.21 bits per heavy atom. The first-order chi connectivity index (χ1) is 8.94. The number of morpholine rings is 1. The molecule has 4 heteroatoms. The minimum absolute atomic E-state index is 0.0966. The molecule has 0 spiro atoms. The highest BCUT2D eigenvalue weighted by molar-refractivity contribution is 5.77. The third-order valence-corrected chi connectivity index (χ3v) is 3.94. The smallest absolute Gasteiger partial charge is 0.223 e. The predicted molar refractivity (Wildman–Crippen MR) is 76.0 cm³/mol. The Morgan fingerprint density at radius 2 is 1.89 bits per heavy atom. The summed E-state index contributed by atoms with van der Waals surface area (Å²) in [6.07, 6.45) is 1.82. The van der Waals surface area contributed by atoms with Gasteiger partial charge in [-0.3, -0.25) is 9.69 Å². The first-order valence-electron chi connectivity index (χ1n) is 7.52. The number of hydrogen-bond donors (Lipinski definition) is 0. The van der Waals surface area contributed by atoms with E-state index >= 15 is 0 Å². The first-order valence-corrected chi connectivity index (χ1v) is 7.52. The van der Waals surface area contributed by atoms with Crippen LogP contribution in [0.25, 0.3) is 0 Å². The molecule has 0 aromatic rings. The minimum Gasteiger partial charge on any atom is -0.379 e. The summed E-state index contributed by atoms with van der Waals surface area (Å²) >= 11 is 0. The number of nitrogens with zero attached hydrogens (tertiary/aromatic N) is 2. The third kappa shape index (κ3) is 4.77. The Balaban J connectivity index is 1.74. The molecule has 0 aromatic heterocycles. The molecule has 2 rings (SSSR count). The number of hydrogen-bond acceptors (Lipinski definition) is 3. The molecule has 0 bridgehead atoms. The zero-order valence-electron chi connectivity index (χ0n) is 12.7. The summed E-state index contributed by atoms with van der Waals surface area (Å²) in [5, 5.41) is 0. The molecule has 0 aliphatic carbocycles. The zero-order valence-corrected chi connectivity index (χ0v) is 12.7. The Kier molecular flexibility index (Phi) is 4.85. The molecule has 2 aliphatic rings. The highest BCUT2D eigenvalue weighted by Gasteiger charge is 2.29. The summed E-state index contributed by atoms with van der Waals surface area (Å²) in [7, 11) is 0. The minimum atomic E-state index is 0.0966. The number of amides is 1. The van der Waals surface area contributed by atoms with E-state index < -0.39 is 0 Å². The van der Waals surface area contributed by atoms with Crippen molar-refractivity contribution in [3.8, 4) is 0 Å². The summed E-state index contributed by atoms with van der Waals surface area (Å²) in [5.41, 5.74) is 0.0966. The summed E-state index contributed by atoms with van der Waals surface area (Å²) in [4.78, 5) is 16.7. The molecule has 1 amide bonds. The van der Waals surface area contributed by atoms with Crippen LogP contribution in [0.3, 0.4) is 0 Å². The summed E-state index contributed by atoms with van der Waals surface area (Å²) < 4.78 is 5.37. The van der Waals surface area contributed by atoms with Gasteiger partial charge in [0.15, 0.2) is 0 Å². The lowest BCUT2D eigenvalue weighted by Gasteiger charge is -2.29. The van der Waals surface area contributed by atoms with Gasteiger partial charge in [0.05, 0.1) is 13.2 Å². The fourth-order valence-electron chi connectivity index (χ4n) is 2.92. The van der Waals surface area contributed by atoms with E-state index in [1.54, 1.807) is 0 Å². The molecule has 2 fully saturated rings. The Hall–Kier alpha value is -0.610. The largest absolute Gasteiger partial charge is 0.379 e. The maximum Gasteiger partial charge on any atom is 0.223 e. The fraction of sp³-hybridized carbons (Fsp3) is 0.933. The molecule has 19 heavy (non-hydrogen) atoms. The van der Waals surface area contributed by atoms with E-state index in [2.05, 4.69) is 30.6 Å². The van der Waals surface area contributed by atoms with Crippen LogP contribution in [-0.4, -0.2) is 61.6 Å². The quantitative estimate of drug-likeness (QED) is 0.779. The van der Waals surface area contributed by atoms with Gasteiger partial charge in [-0.2, -0.15) is 0 Å². The van der Waals surface area contributed by atoms with Crippen LogP contribution in [0.1, 0.15) is 33.6 Å². The SMILES string of the molecule is CC(C)(C)CC(=O)N1CC[C@H](CN2CCOCC2)C1. The number of carbonyl (C=O) groups is 1. The van der Waals surface area contributed by atoms with Gasteiger partial charge >= 0.3 is 0 Å². The highest BCUT2D eigenvalue weighted by Crippen LogP contribution is 2.24. The van der Waals surface area contributed by atoms with E-state index in [4.69, 9.17) is 4.74 Å². The van der Waals surface area contributed by atoms with E-state index in [-0.39, 0.29) is 5.41 Å². The standard InChI is InChI=1S/C15H28N2O2/c1-15(2,3)10-14(18)17-5-4-13(12-17)11-16-6-8-19-9-7-16/h13H,4-12H2,1-3H3/t13-/m1/s1. The maximum absolute atomic E-state index is 12.2. The first kappa shape index (κ1) is 14.8. The van der Waals surface area contributed by atoms with Crippen molar-refractivity contribution in [2.75, 3.05) is 45.9 Å². The van der Waals surface area contributed by atoms with Crippen LogP contribution in [0, 0.1) is 11.3 Å². The molecule has 2 saturated heterocycles. The van der Waals surface area contributed by atoms with Gasteiger partial charge in [-0.1, -0.05) is 20.8 Å². The molecule has 110 valence electrons. The second-order valence-corrected chi connectivity index (χ2v) is 7.14. The van der Waals surface area contributed by atoms with Gasteiger partial charge in [0.25, 0.3) is 0 Å². The summed E-state index contributed by atoms with van der Waals surface area (Å²) in [6.45, 7) is 13.2. The molecule has 2 heterocycles. The second kappa shape index (κ2) is 6.23. The molecule has 0 saturated carbocycles. The van der Waals surface area contributed by atoms with Crippen LogP contribution in [-0.2, 0) is 9.53 Å². The van der Waals surface area contributed by atoms with Gasteiger partial charge in [0.1, 0.15) is 0 Å². The number of likely N-dealkylation sites (tertiary alicyclic amines) is 1. The van der Waals surface area contributed by atoms with Crippen LogP contribution >= 0.6 is 0 Å². The molecule has 0 unspecified atom stereocenters. The van der Waals surface area contributed by atoms with Gasteiger partial charge < -0.3 is 9.64 Å². The number of ether oxygens (including phenoxy) is 1. The van der Waals surface area contributed by atoms with Crippen molar-refractivity contribution in [3.05, 3.63) is 0 Å². The van der Waals surface area contributed by atoms with Crippen molar-refractivity contribution >= 4 is 5.91 Å². The van der Waals surface area contributed by atoms with Crippen molar-refractivity contribution in [2.24, 2.45) is 11.3 Å². The third-order valence-electron chi connectivity index (χ3n) is 3.94.